The average molecular weight is 361 g/mol. The van der Waals surface area contributed by atoms with E-state index in [2.05, 4.69) is 5.32 Å². The zero-order valence-corrected chi connectivity index (χ0v) is 15.6. The van der Waals surface area contributed by atoms with Gasteiger partial charge in [0.15, 0.2) is 5.78 Å². The van der Waals surface area contributed by atoms with Gasteiger partial charge in [-0.3, -0.25) is 9.59 Å². The fourth-order valence-electron chi connectivity index (χ4n) is 3.03. The Morgan fingerprint density at radius 2 is 1.74 bits per heavy atom. The van der Waals surface area contributed by atoms with Crippen LogP contribution in [0.1, 0.15) is 35.3 Å². The molecule has 4 nitrogen and oxygen atoms in total. The van der Waals surface area contributed by atoms with Gasteiger partial charge in [0.05, 0.1) is 0 Å². The van der Waals surface area contributed by atoms with E-state index in [1.807, 2.05) is 60.7 Å². The minimum absolute atomic E-state index is 0.0297. The summed E-state index contributed by atoms with van der Waals surface area (Å²) in [7, 11) is 0. The Balaban J connectivity index is 1.88. The smallest absolute Gasteiger partial charge is 0.216 e. The first-order valence-corrected chi connectivity index (χ1v) is 9.02. The van der Waals surface area contributed by atoms with E-state index in [9.17, 15) is 9.59 Å². The lowest BCUT2D eigenvalue weighted by Crippen LogP contribution is -2.22. The molecule has 0 spiro atoms. The van der Waals surface area contributed by atoms with E-state index in [1.54, 1.807) is 6.92 Å². The Hall–Kier alpha value is -3.14. The standard InChI is InChI=1S/C23H23NO3/c1-16(25)21-12-19-8-9-22(27-15-18-6-4-3-5-7-18)14-23(19)20(13-21)10-11-24-17(2)26/h3-9,12-14H,10-11,15H2,1-2H3,(H,24,26). The third-order valence-corrected chi connectivity index (χ3v) is 4.43. The first-order valence-electron chi connectivity index (χ1n) is 9.02. The molecule has 0 saturated heterocycles. The van der Waals surface area contributed by atoms with Gasteiger partial charge in [-0.1, -0.05) is 36.4 Å². The van der Waals surface area contributed by atoms with Crippen molar-refractivity contribution in [2.75, 3.05) is 6.54 Å². The van der Waals surface area contributed by atoms with E-state index >= 15 is 0 Å². The van der Waals surface area contributed by atoms with E-state index in [-0.39, 0.29) is 11.7 Å². The molecular formula is C23H23NO3. The maximum atomic E-state index is 11.9. The van der Waals surface area contributed by atoms with Crippen molar-refractivity contribution < 1.29 is 14.3 Å². The zero-order chi connectivity index (χ0) is 19.2. The number of hydrogen-bond acceptors (Lipinski definition) is 3. The van der Waals surface area contributed by atoms with E-state index < -0.39 is 0 Å². The number of benzene rings is 3. The maximum absolute atomic E-state index is 11.9. The van der Waals surface area contributed by atoms with Crippen LogP contribution < -0.4 is 10.1 Å². The second-order valence-corrected chi connectivity index (χ2v) is 6.58. The van der Waals surface area contributed by atoms with Crippen LogP contribution in [-0.2, 0) is 17.8 Å². The summed E-state index contributed by atoms with van der Waals surface area (Å²) in [5.41, 5.74) is 2.81. The number of ether oxygens (including phenoxy) is 1. The zero-order valence-electron chi connectivity index (χ0n) is 15.6. The van der Waals surface area contributed by atoms with Crippen LogP contribution in [0.5, 0.6) is 5.75 Å². The first kappa shape index (κ1) is 18.6. The molecule has 0 aromatic heterocycles. The van der Waals surface area contributed by atoms with Gasteiger partial charge >= 0.3 is 0 Å². The van der Waals surface area contributed by atoms with Crippen LogP contribution >= 0.6 is 0 Å². The molecule has 3 aromatic carbocycles. The highest BCUT2D eigenvalue weighted by Crippen LogP contribution is 2.27. The van der Waals surface area contributed by atoms with Crippen molar-refractivity contribution in [1.29, 1.82) is 0 Å². The Morgan fingerprint density at radius 1 is 0.963 bits per heavy atom. The van der Waals surface area contributed by atoms with Gasteiger partial charge in [-0.15, -0.1) is 0 Å². The summed E-state index contributed by atoms with van der Waals surface area (Å²) >= 11 is 0. The van der Waals surface area contributed by atoms with Gasteiger partial charge in [0.25, 0.3) is 0 Å². The molecule has 3 rings (SSSR count). The molecule has 0 fully saturated rings. The van der Waals surface area contributed by atoms with Crippen LogP contribution in [0.3, 0.4) is 0 Å². The molecule has 138 valence electrons. The third kappa shape index (κ3) is 4.94. The molecule has 27 heavy (non-hydrogen) atoms. The number of Topliss-reactive ketones (excluding diaryl/α,β-unsaturated/α-hetero) is 1. The lowest BCUT2D eigenvalue weighted by atomic mass is 9.97. The van der Waals surface area contributed by atoms with Crippen molar-refractivity contribution in [3.63, 3.8) is 0 Å². The van der Waals surface area contributed by atoms with Gasteiger partial charge in [0.2, 0.25) is 5.91 Å². The molecule has 0 aliphatic heterocycles. The van der Waals surface area contributed by atoms with Crippen molar-refractivity contribution in [2.45, 2.75) is 26.9 Å². The highest BCUT2D eigenvalue weighted by atomic mass is 16.5. The number of carbonyl (C=O) groups is 2. The Bertz CT molecular complexity index is 964. The molecular weight excluding hydrogens is 338 g/mol. The molecule has 0 aliphatic carbocycles. The molecule has 1 amide bonds. The summed E-state index contributed by atoms with van der Waals surface area (Å²) in [6, 6.07) is 19.7. The lowest BCUT2D eigenvalue weighted by Gasteiger charge is -2.12. The van der Waals surface area contributed by atoms with Gasteiger partial charge in [0, 0.05) is 19.0 Å². The van der Waals surface area contributed by atoms with Crippen molar-refractivity contribution in [3.8, 4) is 5.75 Å². The third-order valence-electron chi connectivity index (χ3n) is 4.43. The summed E-state index contributed by atoms with van der Waals surface area (Å²) in [6.45, 7) is 4.09. The van der Waals surface area contributed by atoms with Gasteiger partial charge in [-0.2, -0.15) is 0 Å². The van der Waals surface area contributed by atoms with Crippen LogP contribution in [0.15, 0.2) is 60.7 Å². The number of nitrogens with one attached hydrogen (secondary N) is 1. The van der Waals surface area contributed by atoms with E-state index in [1.165, 1.54) is 6.92 Å². The monoisotopic (exact) mass is 361 g/mol. The van der Waals surface area contributed by atoms with Crippen LogP contribution in [0.25, 0.3) is 10.8 Å². The van der Waals surface area contributed by atoms with Gasteiger partial charge in [-0.05, 0) is 59.5 Å². The quantitative estimate of drug-likeness (QED) is 0.638. The molecule has 0 aliphatic rings. The molecule has 0 saturated carbocycles. The van der Waals surface area contributed by atoms with Gasteiger partial charge in [-0.25, -0.2) is 0 Å². The first-order chi connectivity index (χ1) is 13.0. The van der Waals surface area contributed by atoms with Gasteiger partial charge in [0.1, 0.15) is 12.4 Å². The maximum Gasteiger partial charge on any atom is 0.216 e. The summed E-state index contributed by atoms with van der Waals surface area (Å²) in [5, 5.41) is 4.84. The SMILES string of the molecule is CC(=O)NCCc1cc(C(C)=O)cc2ccc(OCc3ccccc3)cc12. The topological polar surface area (TPSA) is 55.4 Å². The number of fused-ring (bicyclic) bond motifs is 1. The van der Waals surface area contributed by atoms with E-state index in [0.717, 1.165) is 27.6 Å². The molecule has 0 unspecified atom stereocenters. The van der Waals surface area contributed by atoms with Crippen molar-refractivity contribution in [2.24, 2.45) is 0 Å². The Labute approximate surface area is 159 Å². The number of hydrogen-bond donors (Lipinski definition) is 1. The van der Waals surface area contributed by atoms with E-state index in [4.69, 9.17) is 4.74 Å². The van der Waals surface area contributed by atoms with Crippen molar-refractivity contribution in [3.05, 3.63) is 77.4 Å². The summed E-state index contributed by atoms with van der Waals surface area (Å²) in [5.74, 6) is 0.749. The second kappa shape index (κ2) is 8.49. The molecule has 4 heteroatoms. The Kier molecular flexibility index (Phi) is 5.87. The van der Waals surface area contributed by atoms with Crippen molar-refractivity contribution >= 4 is 22.5 Å². The summed E-state index contributed by atoms with van der Waals surface area (Å²) in [4.78, 5) is 23.0. The highest BCUT2D eigenvalue weighted by molar-refractivity contribution is 6.00. The predicted octanol–water partition coefficient (Wildman–Crippen LogP) is 4.30. The van der Waals surface area contributed by atoms with Crippen LogP contribution in [0.2, 0.25) is 0 Å². The predicted molar refractivity (Wildman–Crippen MR) is 107 cm³/mol. The van der Waals surface area contributed by atoms with Crippen LogP contribution in [0.4, 0.5) is 0 Å². The summed E-state index contributed by atoms with van der Waals surface area (Å²) < 4.78 is 5.94. The van der Waals surface area contributed by atoms with E-state index in [0.29, 0.717) is 25.1 Å². The molecule has 0 bridgehead atoms. The van der Waals surface area contributed by atoms with Gasteiger partial charge < -0.3 is 10.1 Å². The van der Waals surface area contributed by atoms with Crippen molar-refractivity contribution in [1.82, 2.24) is 5.32 Å². The minimum Gasteiger partial charge on any atom is -0.489 e. The molecule has 3 aromatic rings. The molecule has 0 heterocycles. The minimum atomic E-state index is -0.0612. The number of carbonyl (C=O) groups excluding carboxylic acids is 2. The highest BCUT2D eigenvalue weighted by Gasteiger charge is 2.09. The van der Waals surface area contributed by atoms with Crippen LogP contribution in [-0.4, -0.2) is 18.2 Å². The number of rotatable bonds is 7. The number of amides is 1. The van der Waals surface area contributed by atoms with Crippen LogP contribution in [0, 0.1) is 0 Å². The fraction of sp³-hybridized carbons (Fsp3) is 0.217. The second-order valence-electron chi connectivity index (χ2n) is 6.58. The molecule has 1 N–H and O–H groups in total. The summed E-state index contributed by atoms with van der Waals surface area (Å²) in [6.07, 6.45) is 0.652. The molecule has 0 atom stereocenters. The normalized spacial score (nSPS) is 10.6. The largest absolute Gasteiger partial charge is 0.489 e. The Morgan fingerprint density at radius 3 is 2.44 bits per heavy atom. The fourth-order valence-corrected chi connectivity index (χ4v) is 3.03. The number of ketones is 1. The molecule has 0 radical (unpaired) electrons. The average Bonchev–Trinajstić information content (AvgIpc) is 2.66. The lowest BCUT2D eigenvalue weighted by molar-refractivity contribution is -0.118.